The number of piperidine rings is 1. The molecule has 238 valence electrons. The van der Waals surface area contributed by atoms with Crippen molar-refractivity contribution in [2.45, 2.75) is 65.3 Å². The minimum atomic E-state index is -4.69. The lowest BCUT2D eigenvalue weighted by Crippen LogP contribution is -2.47. The molecule has 2 fully saturated rings. The molecule has 2 N–H and O–H groups in total. The van der Waals surface area contributed by atoms with E-state index in [1.807, 2.05) is 6.92 Å². The molecular formula is C31H28F3N7O5. The highest BCUT2D eigenvalue weighted by molar-refractivity contribution is 6.07. The number of halogens is 3. The summed E-state index contributed by atoms with van der Waals surface area (Å²) in [7, 11) is 0. The van der Waals surface area contributed by atoms with Gasteiger partial charge in [-0.05, 0) is 67.0 Å². The molecule has 4 aromatic rings. The number of rotatable bonds is 7. The fraction of sp³-hybridized carbons (Fsp3) is 0.355. The van der Waals surface area contributed by atoms with Gasteiger partial charge in [0.2, 0.25) is 17.6 Å². The highest BCUT2D eigenvalue weighted by Crippen LogP contribution is 2.59. The van der Waals surface area contributed by atoms with Gasteiger partial charge in [-0.1, -0.05) is 13.0 Å². The minimum absolute atomic E-state index is 0.119. The average molecular weight is 636 g/mol. The van der Waals surface area contributed by atoms with Gasteiger partial charge in [0, 0.05) is 36.3 Å². The number of Topliss-reactive ketones (excluding diaryl/α,β-unsaturated/α-hetero) is 1. The molecule has 3 aromatic heterocycles. The van der Waals surface area contributed by atoms with E-state index in [9.17, 15) is 32.3 Å². The molecule has 0 unspecified atom stereocenters. The fourth-order valence-electron chi connectivity index (χ4n) is 6.24. The summed E-state index contributed by atoms with van der Waals surface area (Å²) in [6.45, 7) is 6.31. The molecule has 0 spiro atoms. The molecule has 1 saturated carbocycles. The van der Waals surface area contributed by atoms with Crippen LogP contribution in [0.15, 0.2) is 36.7 Å². The zero-order chi connectivity index (χ0) is 33.3. The van der Waals surface area contributed by atoms with E-state index < -0.39 is 35.7 Å². The monoisotopic (exact) mass is 635 g/mol. The maximum Gasteiger partial charge on any atom is 0.433 e. The van der Waals surface area contributed by atoms with Crippen LogP contribution in [0, 0.1) is 19.3 Å². The summed E-state index contributed by atoms with van der Waals surface area (Å²) < 4.78 is 41.3. The van der Waals surface area contributed by atoms with Gasteiger partial charge in [0.15, 0.2) is 5.78 Å². The number of fused-ring (bicyclic) bond motifs is 2. The van der Waals surface area contributed by atoms with E-state index in [0.29, 0.717) is 46.0 Å². The van der Waals surface area contributed by atoms with Crippen molar-refractivity contribution in [3.8, 4) is 11.1 Å². The Kier molecular flexibility index (Phi) is 7.17. The number of anilines is 1. The van der Waals surface area contributed by atoms with Crippen LogP contribution >= 0.6 is 0 Å². The molecule has 1 aromatic carbocycles. The Morgan fingerprint density at radius 3 is 2.37 bits per heavy atom. The SMILES string of the molecule is CC(=O)c1nn(CC(=O)N2[C@H](C(=O)Nc3nc(C(F)(F)F)ccc3C)C[C@]3(C)C[C@@H]23)c2c(C)cc(-c3cnc(C(=O)O)nc3)cc12. The smallest absolute Gasteiger partial charge is 0.433 e. The van der Waals surface area contributed by atoms with Gasteiger partial charge in [-0.15, -0.1) is 0 Å². The number of pyridine rings is 1. The second kappa shape index (κ2) is 10.7. The van der Waals surface area contributed by atoms with Crippen LogP contribution in [0.5, 0.6) is 0 Å². The topological polar surface area (TPSA) is 160 Å². The molecule has 3 atom stereocenters. The normalized spacial score (nSPS) is 20.5. The minimum Gasteiger partial charge on any atom is -0.475 e. The van der Waals surface area contributed by atoms with Crippen molar-refractivity contribution in [3.05, 3.63) is 65.0 Å². The summed E-state index contributed by atoms with van der Waals surface area (Å²) in [5.74, 6) is -3.27. The molecule has 12 nitrogen and oxygen atoms in total. The van der Waals surface area contributed by atoms with Crippen molar-refractivity contribution in [1.29, 1.82) is 0 Å². The first-order chi connectivity index (χ1) is 21.6. The third-order valence-corrected chi connectivity index (χ3v) is 8.68. The first-order valence-corrected chi connectivity index (χ1v) is 14.3. The van der Waals surface area contributed by atoms with E-state index in [1.54, 1.807) is 19.1 Å². The van der Waals surface area contributed by atoms with Crippen molar-refractivity contribution in [2.75, 3.05) is 5.32 Å². The molecule has 0 radical (unpaired) electrons. The second-order valence-corrected chi connectivity index (χ2v) is 12.1. The molecule has 4 heterocycles. The van der Waals surface area contributed by atoms with Gasteiger partial charge in [0.25, 0.3) is 0 Å². The van der Waals surface area contributed by atoms with Crippen LogP contribution < -0.4 is 5.32 Å². The van der Waals surface area contributed by atoms with Crippen LogP contribution in [0.3, 0.4) is 0 Å². The average Bonchev–Trinajstić information content (AvgIpc) is 3.33. The quantitative estimate of drug-likeness (QED) is 0.280. The number of hydrogen-bond donors (Lipinski definition) is 2. The number of aromatic carboxylic acids is 1. The summed E-state index contributed by atoms with van der Waals surface area (Å²) in [5, 5.41) is 16.5. The van der Waals surface area contributed by atoms with Gasteiger partial charge in [-0.25, -0.2) is 19.7 Å². The van der Waals surface area contributed by atoms with Crippen LogP contribution in [0.4, 0.5) is 19.0 Å². The van der Waals surface area contributed by atoms with Crippen molar-refractivity contribution < 1.29 is 37.5 Å². The van der Waals surface area contributed by atoms with Gasteiger partial charge < -0.3 is 15.3 Å². The number of likely N-dealkylation sites (tertiary alicyclic amines) is 1. The molecule has 46 heavy (non-hydrogen) atoms. The molecule has 2 aliphatic rings. The fourth-order valence-corrected chi connectivity index (χ4v) is 6.24. The predicted molar refractivity (Wildman–Crippen MR) is 157 cm³/mol. The number of hydrogen-bond acceptors (Lipinski definition) is 8. The van der Waals surface area contributed by atoms with E-state index in [2.05, 4.69) is 25.4 Å². The number of nitrogens with one attached hydrogen (secondary N) is 1. The highest BCUT2D eigenvalue weighted by atomic mass is 19.4. The maximum atomic E-state index is 13.9. The van der Waals surface area contributed by atoms with E-state index >= 15 is 0 Å². The van der Waals surface area contributed by atoms with Crippen LogP contribution in [0.2, 0.25) is 0 Å². The summed E-state index contributed by atoms with van der Waals surface area (Å²) in [4.78, 5) is 63.9. The van der Waals surface area contributed by atoms with E-state index in [-0.39, 0.29) is 41.1 Å². The predicted octanol–water partition coefficient (Wildman–Crippen LogP) is 4.44. The van der Waals surface area contributed by atoms with Gasteiger partial charge in [-0.3, -0.25) is 19.1 Å². The number of nitrogens with zero attached hydrogens (tertiary/aromatic N) is 6. The van der Waals surface area contributed by atoms with Crippen LogP contribution in [-0.4, -0.2) is 70.4 Å². The molecule has 2 amide bonds. The Balaban J connectivity index is 1.30. The van der Waals surface area contributed by atoms with Crippen molar-refractivity contribution in [3.63, 3.8) is 0 Å². The Bertz CT molecular complexity index is 1960. The maximum absolute atomic E-state index is 13.9. The number of aromatic nitrogens is 5. The lowest BCUT2D eigenvalue weighted by molar-refractivity contribution is -0.141. The molecular weight excluding hydrogens is 607 g/mol. The van der Waals surface area contributed by atoms with E-state index in [0.717, 1.165) is 6.07 Å². The first-order valence-electron chi connectivity index (χ1n) is 14.3. The summed E-state index contributed by atoms with van der Waals surface area (Å²) in [5.41, 5.74) is 1.32. The lowest BCUT2D eigenvalue weighted by Gasteiger charge is -2.27. The number of carbonyl (C=O) groups excluding carboxylic acids is 3. The lowest BCUT2D eigenvalue weighted by atomic mass is 10.0. The summed E-state index contributed by atoms with van der Waals surface area (Å²) >= 11 is 0. The second-order valence-electron chi connectivity index (χ2n) is 12.1. The number of aryl methyl sites for hydroxylation is 2. The number of amides is 2. The zero-order valence-corrected chi connectivity index (χ0v) is 25.1. The zero-order valence-electron chi connectivity index (χ0n) is 25.1. The molecule has 0 bridgehead atoms. The summed E-state index contributed by atoms with van der Waals surface area (Å²) in [6, 6.07) is 4.36. The Hall–Kier alpha value is -5.21. The standard InChI is InChI=1S/C31H28F3N7O5/c1-14-5-6-21(31(32,33)34)37-26(14)38-28(44)20-9-30(4)10-22(30)41(20)23(43)13-40-25-15(2)7-17(8-19(25)24(39-40)16(3)42)18-11-35-27(29(45)46)36-12-18/h5-8,11-12,20,22H,9-10,13H2,1-4H3,(H,45,46)(H,37,38,44)/t20-,22+,30+/m0/s1. The number of carboxylic acid groups (broad SMARTS) is 1. The number of benzene rings is 1. The van der Waals surface area contributed by atoms with Gasteiger partial charge in [-0.2, -0.15) is 18.3 Å². The van der Waals surface area contributed by atoms with Crippen molar-refractivity contribution in [2.24, 2.45) is 5.41 Å². The Morgan fingerprint density at radius 2 is 1.74 bits per heavy atom. The molecule has 6 rings (SSSR count). The van der Waals surface area contributed by atoms with Crippen molar-refractivity contribution in [1.82, 2.24) is 29.6 Å². The van der Waals surface area contributed by atoms with Gasteiger partial charge in [0.1, 0.15) is 29.8 Å². The number of alkyl halides is 3. The number of carbonyl (C=O) groups is 4. The summed E-state index contributed by atoms with van der Waals surface area (Å²) in [6.07, 6.45) is -0.968. The van der Waals surface area contributed by atoms with Crippen molar-refractivity contribution >= 4 is 40.3 Å². The third kappa shape index (κ3) is 5.35. The Morgan fingerprint density at radius 1 is 1.04 bits per heavy atom. The highest BCUT2D eigenvalue weighted by Gasteiger charge is 2.64. The van der Waals surface area contributed by atoms with Crippen LogP contribution in [0.1, 0.15) is 64.6 Å². The molecule has 1 aliphatic heterocycles. The van der Waals surface area contributed by atoms with E-state index in [4.69, 9.17) is 5.11 Å². The molecule has 1 aliphatic carbocycles. The molecule has 1 saturated heterocycles. The number of carboxylic acids is 1. The molecule has 15 heteroatoms. The number of ketones is 1. The van der Waals surface area contributed by atoms with Gasteiger partial charge >= 0.3 is 12.1 Å². The Labute approximate surface area is 259 Å². The van der Waals surface area contributed by atoms with Gasteiger partial charge in [0.05, 0.1) is 5.52 Å². The van der Waals surface area contributed by atoms with Crippen LogP contribution in [-0.2, 0) is 22.3 Å². The van der Waals surface area contributed by atoms with E-state index in [1.165, 1.54) is 41.9 Å². The first kappa shape index (κ1) is 30.8. The van der Waals surface area contributed by atoms with Crippen LogP contribution in [0.25, 0.3) is 22.0 Å². The largest absolute Gasteiger partial charge is 0.475 e. The third-order valence-electron chi connectivity index (χ3n) is 8.68.